The molecule has 0 aliphatic heterocycles. The Hall–Kier alpha value is -1.13. The normalized spacial score (nSPS) is 12.0. The van der Waals surface area contributed by atoms with Gasteiger partial charge in [0.15, 0.2) is 0 Å². The molecule has 1 heterocycles. The van der Waals surface area contributed by atoms with Crippen molar-refractivity contribution in [1.82, 2.24) is 9.88 Å². The Kier molecular flexibility index (Phi) is 4.71. The molecule has 0 amide bonds. The second-order valence-corrected chi connectivity index (χ2v) is 5.53. The maximum absolute atomic E-state index is 5.95. The van der Waals surface area contributed by atoms with Crippen LogP contribution < -0.4 is 10.5 Å². The number of pyridine rings is 1. The van der Waals surface area contributed by atoms with Gasteiger partial charge in [-0.2, -0.15) is 0 Å². The molecule has 0 saturated heterocycles. The molecule has 1 rings (SSSR count). The summed E-state index contributed by atoms with van der Waals surface area (Å²) in [5.41, 5.74) is 8.66. The maximum atomic E-state index is 5.95. The van der Waals surface area contributed by atoms with Crippen molar-refractivity contribution in [2.75, 3.05) is 20.7 Å². The first kappa shape index (κ1) is 14.9. The molecular formula is C14H25N3O. The van der Waals surface area contributed by atoms with Gasteiger partial charge in [-0.1, -0.05) is 0 Å². The van der Waals surface area contributed by atoms with Crippen molar-refractivity contribution in [3.8, 4) is 5.75 Å². The highest BCUT2D eigenvalue weighted by Gasteiger charge is 2.22. The van der Waals surface area contributed by atoms with Crippen molar-refractivity contribution in [3.05, 3.63) is 23.0 Å². The van der Waals surface area contributed by atoms with Crippen molar-refractivity contribution in [1.29, 1.82) is 0 Å². The average Bonchev–Trinajstić information content (AvgIpc) is 2.25. The van der Waals surface area contributed by atoms with Crippen LogP contribution in [0.4, 0.5) is 0 Å². The van der Waals surface area contributed by atoms with E-state index in [-0.39, 0.29) is 5.54 Å². The number of likely N-dealkylation sites (N-methyl/N-ethyl adjacent to an activating group) is 1. The van der Waals surface area contributed by atoms with Crippen LogP contribution in [0.2, 0.25) is 0 Å². The van der Waals surface area contributed by atoms with Crippen LogP contribution in [0.15, 0.2) is 6.07 Å². The summed E-state index contributed by atoms with van der Waals surface area (Å²) < 4.78 is 5.95. The van der Waals surface area contributed by atoms with E-state index in [1.54, 1.807) is 0 Å². The second-order valence-electron chi connectivity index (χ2n) is 5.53. The predicted molar refractivity (Wildman–Crippen MR) is 74.9 cm³/mol. The largest absolute Gasteiger partial charge is 0.491 e. The molecule has 102 valence electrons. The molecule has 0 aromatic carbocycles. The lowest BCUT2D eigenvalue weighted by atomic mass is 10.1. The maximum Gasteiger partial charge on any atom is 0.127 e. The number of ether oxygens (including phenoxy) is 1. The number of nitrogens with two attached hydrogens (primary N) is 1. The highest BCUT2D eigenvalue weighted by atomic mass is 16.5. The van der Waals surface area contributed by atoms with Crippen LogP contribution in [-0.2, 0) is 6.54 Å². The van der Waals surface area contributed by atoms with Crippen LogP contribution in [0, 0.1) is 13.8 Å². The quantitative estimate of drug-likeness (QED) is 0.868. The standard InChI is InChI=1S/C14H25N3O/c1-10-7-13(12(8-15)11(2)16-10)18-9-14(3,4)17(5)6/h7H,8-9,15H2,1-6H3. The van der Waals surface area contributed by atoms with Gasteiger partial charge in [-0.05, 0) is 41.8 Å². The molecule has 2 N–H and O–H groups in total. The zero-order chi connectivity index (χ0) is 13.9. The van der Waals surface area contributed by atoms with Crippen molar-refractivity contribution < 1.29 is 4.74 Å². The van der Waals surface area contributed by atoms with E-state index in [9.17, 15) is 0 Å². The average molecular weight is 251 g/mol. The van der Waals surface area contributed by atoms with Crippen LogP contribution in [-0.4, -0.2) is 36.1 Å². The fourth-order valence-corrected chi connectivity index (χ4v) is 1.58. The topological polar surface area (TPSA) is 51.4 Å². The first-order valence-electron chi connectivity index (χ1n) is 6.25. The monoisotopic (exact) mass is 251 g/mol. The Morgan fingerprint density at radius 3 is 2.44 bits per heavy atom. The smallest absolute Gasteiger partial charge is 0.127 e. The minimum atomic E-state index is -0.0169. The van der Waals surface area contributed by atoms with Crippen molar-refractivity contribution in [2.45, 2.75) is 39.8 Å². The van der Waals surface area contributed by atoms with E-state index < -0.39 is 0 Å². The molecule has 1 aromatic rings. The van der Waals surface area contributed by atoms with Crippen molar-refractivity contribution in [2.24, 2.45) is 5.73 Å². The van der Waals surface area contributed by atoms with E-state index in [0.717, 1.165) is 22.7 Å². The second kappa shape index (κ2) is 5.67. The summed E-state index contributed by atoms with van der Waals surface area (Å²) in [6, 6.07) is 1.96. The van der Waals surface area contributed by atoms with Crippen molar-refractivity contribution >= 4 is 0 Å². The Balaban J connectivity index is 2.91. The first-order valence-corrected chi connectivity index (χ1v) is 6.25. The Morgan fingerprint density at radius 1 is 1.33 bits per heavy atom. The molecule has 0 bridgehead atoms. The minimum Gasteiger partial charge on any atom is -0.491 e. The summed E-state index contributed by atoms with van der Waals surface area (Å²) in [5, 5.41) is 0. The minimum absolute atomic E-state index is 0.0169. The van der Waals surface area contributed by atoms with Crippen LogP contribution in [0.3, 0.4) is 0 Å². The summed E-state index contributed by atoms with van der Waals surface area (Å²) in [7, 11) is 4.10. The van der Waals surface area contributed by atoms with Gasteiger partial charge in [0.1, 0.15) is 12.4 Å². The van der Waals surface area contributed by atoms with Crippen molar-refractivity contribution in [3.63, 3.8) is 0 Å². The lowest BCUT2D eigenvalue weighted by Crippen LogP contribution is -2.43. The Morgan fingerprint density at radius 2 is 1.94 bits per heavy atom. The number of nitrogens with zero attached hydrogens (tertiary/aromatic N) is 2. The number of aryl methyl sites for hydroxylation is 2. The zero-order valence-corrected chi connectivity index (χ0v) is 12.4. The summed E-state index contributed by atoms with van der Waals surface area (Å²) in [5.74, 6) is 0.859. The molecule has 4 nitrogen and oxygen atoms in total. The van der Waals surface area contributed by atoms with Gasteiger partial charge in [0, 0.05) is 35.1 Å². The molecular weight excluding hydrogens is 226 g/mol. The molecule has 0 radical (unpaired) electrons. The number of hydrogen-bond donors (Lipinski definition) is 1. The molecule has 0 fully saturated rings. The van der Waals surface area contributed by atoms with Crippen LogP contribution in [0.25, 0.3) is 0 Å². The van der Waals surface area contributed by atoms with Crippen LogP contribution in [0.1, 0.15) is 30.8 Å². The molecule has 0 atom stereocenters. The fraction of sp³-hybridized carbons (Fsp3) is 0.643. The Bertz CT molecular complexity index is 414. The van der Waals surface area contributed by atoms with Gasteiger partial charge >= 0.3 is 0 Å². The predicted octanol–water partition coefficient (Wildman–Crippen LogP) is 1.88. The molecule has 1 aromatic heterocycles. The number of aromatic nitrogens is 1. The van der Waals surface area contributed by atoms with Gasteiger partial charge in [0.25, 0.3) is 0 Å². The third-order valence-electron chi connectivity index (χ3n) is 3.41. The summed E-state index contributed by atoms with van der Waals surface area (Å²) in [6.45, 7) is 9.31. The fourth-order valence-electron chi connectivity index (χ4n) is 1.58. The highest BCUT2D eigenvalue weighted by Crippen LogP contribution is 2.23. The molecule has 18 heavy (non-hydrogen) atoms. The lowest BCUT2D eigenvalue weighted by Gasteiger charge is -2.32. The van der Waals surface area contributed by atoms with E-state index in [1.165, 1.54) is 0 Å². The highest BCUT2D eigenvalue weighted by molar-refractivity contribution is 5.37. The van der Waals surface area contributed by atoms with Gasteiger partial charge < -0.3 is 15.4 Å². The van der Waals surface area contributed by atoms with Gasteiger partial charge in [-0.3, -0.25) is 4.98 Å². The number of hydrogen-bond acceptors (Lipinski definition) is 4. The van der Waals surface area contributed by atoms with E-state index >= 15 is 0 Å². The van der Waals surface area contributed by atoms with Gasteiger partial charge in [0.2, 0.25) is 0 Å². The van der Waals surface area contributed by atoms with Gasteiger partial charge in [-0.15, -0.1) is 0 Å². The lowest BCUT2D eigenvalue weighted by molar-refractivity contribution is 0.113. The molecule has 0 spiro atoms. The first-order chi connectivity index (χ1) is 8.27. The van der Waals surface area contributed by atoms with Crippen LogP contribution in [0.5, 0.6) is 5.75 Å². The summed E-state index contributed by atoms with van der Waals surface area (Å²) in [4.78, 5) is 6.56. The summed E-state index contributed by atoms with van der Waals surface area (Å²) >= 11 is 0. The summed E-state index contributed by atoms with van der Waals surface area (Å²) in [6.07, 6.45) is 0. The third-order valence-corrected chi connectivity index (χ3v) is 3.41. The SMILES string of the molecule is Cc1cc(OCC(C)(C)N(C)C)c(CN)c(C)n1. The van der Waals surface area contributed by atoms with E-state index in [1.807, 2.05) is 19.9 Å². The van der Waals surface area contributed by atoms with E-state index in [2.05, 4.69) is 37.8 Å². The zero-order valence-electron chi connectivity index (χ0n) is 12.4. The molecule has 0 aliphatic rings. The van der Waals surface area contributed by atoms with E-state index in [4.69, 9.17) is 10.5 Å². The Labute approximate surface area is 110 Å². The third kappa shape index (κ3) is 3.43. The molecule has 0 aliphatic carbocycles. The number of rotatable bonds is 5. The molecule has 0 unspecified atom stereocenters. The molecule has 4 heteroatoms. The van der Waals surface area contributed by atoms with Crippen LogP contribution >= 0.6 is 0 Å². The van der Waals surface area contributed by atoms with Gasteiger partial charge in [-0.25, -0.2) is 0 Å². The van der Waals surface area contributed by atoms with E-state index in [0.29, 0.717) is 13.2 Å². The molecule has 0 saturated carbocycles. The van der Waals surface area contributed by atoms with Gasteiger partial charge in [0.05, 0.1) is 0 Å².